The van der Waals surface area contributed by atoms with Crippen LogP contribution in [-0.4, -0.2) is 59.7 Å². The summed E-state index contributed by atoms with van der Waals surface area (Å²) in [7, 11) is -3.44. The number of ketones is 2. The quantitative estimate of drug-likeness (QED) is 0.225. The molecule has 0 saturated heterocycles. The highest BCUT2D eigenvalue weighted by Crippen LogP contribution is 2.51. The Morgan fingerprint density at radius 1 is 0.977 bits per heavy atom. The Balaban J connectivity index is 1.27. The van der Waals surface area contributed by atoms with Gasteiger partial charge in [0, 0.05) is 35.1 Å². The highest BCUT2D eigenvalue weighted by atomic mass is 35.5. The molecular formula is C30H30ClF3N4O5S. The first kappa shape index (κ1) is 31.8. The van der Waals surface area contributed by atoms with Crippen molar-refractivity contribution in [2.45, 2.75) is 56.7 Å². The minimum absolute atomic E-state index is 0.0749. The molecule has 0 amide bonds. The van der Waals surface area contributed by atoms with E-state index in [0.717, 1.165) is 24.7 Å². The largest absolute Gasteiger partial charge is 0.454 e. The van der Waals surface area contributed by atoms with Gasteiger partial charge in [-0.15, -0.1) is 0 Å². The number of Topliss-reactive ketones (excluding diaryl/α,β-unsaturated/α-hetero) is 2. The van der Waals surface area contributed by atoms with E-state index in [1.807, 2.05) is 12.1 Å². The summed E-state index contributed by atoms with van der Waals surface area (Å²) in [5.74, 6) is -0.790. The molecule has 3 aromatic rings. The molecule has 5 rings (SSSR count). The lowest BCUT2D eigenvalue weighted by molar-refractivity contribution is -0.154. The third-order valence-electron chi connectivity index (χ3n) is 7.83. The number of anilines is 1. The molecule has 1 N–H and O–H groups in total. The Hall–Kier alpha value is -3.58. The van der Waals surface area contributed by atoms with E-state index in [1.54, 1.807) is 36.4 Å². The second kappa shape index (κ2) is 12.1. The maximum atomic E-state index is 12.9. The summed E-state index contributed by atoms with van der Waals surface area (Å²) in [6.07, 6.45) is -0.364. The van der Waals surface area contributed by atoms with Gasteiger partial charge in [-0.25, -0.2) is 8.42 Å². The molecule has 44 heavy (non-hydrogen) atoms. The summed E-state index contributed by atoms with van der Waals surface area (Å²) in [6.45, 7) is -1.56. The third-order valence-corrected chi connectivity index (χ3v) is 8.87. The first-order chi connectivity index (χ1) is 20.6. The fourth-order valence-electron chi connectivity index (χ4n) is 5.04. The molecule has 2 saturated carbocycles. The third kappa shape index (κ3) is 8.32. The Morgan fingerprint density at radius 3 is 2.20 bits per heavy atom. The van der Waals surface area contributed by atoms with Crippen molar-refractivity contribution in [3.05, 3.63) is 76.1 Å². The van der Waals surface area contributed by atoms with Crippen molar-refractivity contribution in [2.75, 3.05) is 23.9 Å². The summed E-state index contributed by atoms with van der Waals surface area (Å²) in [5, 5.41) is 3.81. The number of benzene rings is 2. The lowest BCUT2D eigenvalue weighted by Crippen LogP contribution is -2.25. The number of alkyl halides is 3. The standard InChI is InChI=1S/C30H30ClF3N4O5S/c1-44(41,42)17-24(40)28(12-13-28)11-10-23(39)20-4-2-19(3-5-20)16-25-35-26(37-27(36-25)43-18-30(32,33)34)38-29(14-15-29)21-6-8-22(31)9-7-21/h2-9H,10-18H2,1H3,(H,35,36,37,38). The van der Waals surface area contributed by atoms with Gasteiger partial charge in [-0.2, -0.15) is 28.1 Å². The molecule has 0 aliphatic heterocycles. The fourth-order valence-corrected chi connectivity index (χ4v) is 5.94. The van der Waals surface area contributed by atoms with Crippen LogP contribution in [0.4, 0.5) is 19.1 Å². The van der Waals surface area contributed by atoms with E-state index in [2.05, 4.69) is 20.3 Å². The van der Waals surface area contributed by atoms with Crippen molar-refractivity contribution >= 4 is 39.0 Å². The maximum Gasteiger partial charge on any atom is 0.422 e. The average Bonchev–Trinajstić information content (AvgIpc) is 3.87. The van der Waals surface area contributed by atoms with Crippen molar-refractivity contribution in [3.63, 3.8) is 0 Å². The number of hydrogen-bond acceptors (Lipinski definition) is 9. The first-order valence-corrected chi connectivity index (χ1v) is 16.4. The van der Waals surface area contributed by atoms with Crippen LogP contribution in [0.1, 0.15) is 65.8 Å². The number of halogens is 4. The number of ether oxygens (including phenoxy) is 1. The smallest absolute Gasteiger partial charge is 0.422 e. The van der Waals surface area contributed by atoms with E-state index in [9.17, 15) is 31.2 Å². The summed E-state index contributed by atoms with van der Waals surface area (Å²) < 4.78 is 66.5. The van der Waals surface area contributed by atoms with Crippen LogP contribution in [0.25, 0.3) is 0 Å². The lowest BCUT2D eigenvalue weighted by Gasteiger charge is -2.19. The van der Waals surface area contributed by atoms with E-state index < -0.39 is 45.3 Å². The van der Waals surface area contributed by atoms with Crippen molar-refractivity contribution in [1.29, 1.82) is 0 Å². The number of aromatic nitrogens is 3. The van der Waals surface area contributed by atoms with E-state index in [0.29, 0.717) is 35.4 Å². The molecule has 2 fully saturated rings. The zero-order valence-electron chi connectivity index (χ0n) is 23.8. The first-order valence-electron chi connectivity index (χ1n) is 14.0. The number of hydrogen-bond donors (Lipinski definition) is 1. The SMILES string of the molecule is CS(=O)(=O)CC(=O)C1(CCC(=O)c2ccc(Cc3nc(NC4(c5ccc(Cl)cc5)CC4)nc(OCC(F)(F)F)n3)cc2)CC1. The van der Waals surface area contributed by atoms with Crippen LogP contribution >= 0.6 is 11.6 Å². The molecule has 0 unspecified atom stereocenters. The van der Waals surface area contributed by atoms with Gasteiger partial charge >= 0.3 is 12.2 Å². The zero-order chi connectivity index (χ0) is 31.8. The van der Waals surface area contributed by atoms with Gasteiger partial charge in [-0.05, 0) is 55.4 Å². The van der Waals surface area contributed by atoms with Gasteiger partial charge in [-0.3, -0.25) is 9.59 Å². The summed E-state index contributed by atoms with van der Waals surface area (Å²) in [4.78, 5) is 37.9. The number of nitrogens with zero attached hydrogens (tertiary/aromatic N) is 3. The van der Waals surface area contributed by atoms with Crippen LogP contribution in [0.15, 0.2) is 48.5 Å². The van der Waals surface area contributed by atoms with Crippen LogP contribution in [-0.2, 0) is 26.6 Å². The monoisotopic (exact) mass is 650 g/mol. The second-order valence-corrected chi connectivity index (χ2v) is 14.1. The van der Waals surface area contributed by atoms with Gasteiger partial charge in [0.1, 0.15) is 11.6 Å². The minimum atomic E-state index is -4.58. The fraction of sp³-hybridized carbons (Fsp3) is 0.433. The highest BCUT2D eigenvalue weighted by molar-refractivity contribution is 7.91. The van der Waals surface area contributed by atoms with Crippen LogP contribution < -0.4 is 10.1 Å². The molecular weight excluding hydrogens is 621 g/mol. The van der Waals surface area contributed by atoms with Crippen LogP contribution in [0, 0.1) is 5.41 Å². The molecule has 2 aromatic carbocycles. The predicted molar refractivity (Wildman–Crippen MR) is 157 cm³/mol. The number of carbonyl (C=O) groups is 2. The Morgan fingerprint density at radius 2 is 1.64 bits per heavy atom. The van der Waals surface area contributed by atoms with Gasteiger partial charge < -0.3 is 10.1 Å². The molecule has 0 spiro atoms. The van der Waals surface area contributed by atoms with E-state index in [4.69, 9.17) is 16.3 Å². The number of nitrogens with one attached hydrogen (secondary N) is 1. The average molecular weight is 651 g/mol. The number of sulfone groups is 1. The molecule has 0 atom stereocenters. The van der Waals surface area contributed by atoms with Gasteiger partial charge in [-0.1, -0.05) is 48.0 Å². The van der Waals surface area contributed by atoms with Crippen molar-refractivity contribution in [2.24, 2.45) is 5.41 Å². The Kier molecular flexibility index (Phi) is 8.74. The van der Waals surface area contributed by atoms with Gasteiger partial charge in [0.05, 0.1) is 5.54 Å². The summed E-state index contributed by atoms with van der Waals surface area (Å²) in [6, 6.07) is 13.4. The van der Waals surface area contributed by atoms with Crippen LogP contribution in [0.3, 0.4) is 0 Å². The number of carbonyl (C=O) groups excluding carboxylic acids is 2. The summed E-state index contributed by atoms with van der Waals surface area (Å²) >= 11 is 6.01. The molecule has 0 bridgehead atoms. The molecule has 2 aliphatic carbocycles. The Bertz CT molecular complexity index is 1660. The Labute approximate surface area is 257 Å². The predicted octanol–water partition coefficient (Wildman–Crippen LogP) is 5.51. The van der Waals surface area contributed by atoms with E-state index in [-0.39, 0.29) is 36.2 Å². The second-order valence-electron chi connectivity index (χ2n) is 11.5. The molecule has 0 radical (unpaired) electrons. The molecule has 1 aromatic heterocycles. The van der Waals surface area contributed by atoms with Crippen LogP contribution in [0.5, 0.6) is 6.01 Å². The van der Waals surface area contributed by atoms with Crippen molar-refractivity contribution < 1.29 is 35.9 Å². The molecule has 14 heteroatoms. The van der Waals surface area contributed by atoms with E-state index >= 15 is 0 Å². The molecule has 234 valence electrons. The van der Waals surface area contributed by atoms with Gasteiger partial charge in [0.2, 0.25) is 5.95 Å². The van der Waals surface area contributed by atoms with Gasteiger partial charge in [0.25, 0.3) is 0 Å². The summed E-state index contributed by atoms with van der Waals surface area (Å²) in [5.41, 5.74) is 0.837. The van der Waals surface area contributed by atoms with E-state index in [1.165, 1.54) is 0 Å². The minimum Gasteiger partial charge on any atom is -0.454 e. The highest BCUT2D eigenvalue weighted by Gasteiger charge is 2.49. The maximum absolute atomic E-state index is 12.9. The molecule has 9 nitrogen and oxygen atoms in total. The molecule has 2 aliphatic rings. The lowest BCUT2D eigenvalue weighted by atomic mass is 9.92. The van der Waals surface area contributed by atoms with Gasteiger partial charge in [0.15, 0.2) is 28.0 Å². The zero-order valence-corrected chi connectivity index (χ0v) is 25.4. The van der Waals surface area contributed by atoms with Crippen LogP contribution in [0.2, 0.25) is 5.02 Å². The number of rotatable bonds is 14. The topological polar surface area (TPSA) is 128 Å². The van der Waals surface area contributed by atoms with Crippen molar-refractivity contribution in [1.82, 2.24) is 15.0 Å². The normalized spacial score (nSPS) is 16.7. The van der Waals surface area contributed by atoms with Crippen molar-refractivity contribution in [3.8, 4) is 6.01 Å². The molecule has 1 heterocycles.